The number of carbonyl (C=O) groups is 2. The molecule has 6 nitrogen and oxygen atoms in total. The second kappa shape index (κ2) is 8.31. The molecule has 0 spiro atoms. The third kappa shape index (κ3) is 4.70. The standard InChI is InChI=1S/C17H18ClN3O3/c1-2-21(10-7-12-5-8-19-9-6-12)17(24)16(23)20-14-11-13(18)3-4-15(14)22/h3-6,8-9,11,22H,2,7,10H2,1H3,(H,20,23). The Morgan fingerprint density at radius 1 is 1.25 bits per heavy atom. The summed E-state index contributed by atoms with van der Waals surface area (Å²) in [5.74, 6) is -1.63. The van der Waals surface area contributed by atoms with Gasteiger partial charge in [-0.1, -0.05) is 11.6 Å². The molecule has 0 aliphatic rings. The number of amides is 2. The number of phenols is 1. The van der Waals surface area contributed by atoms with Crippen LogP contribution in [0.25, 0.3) is 0 Å². The molecular weight excluding hydrogens is 330 g/mol. The fourth-order valence-electron chi connectivity index (χ4n) is 2.14. The first kappa shape index (κ1) is 17.7. The molecule has 1 aromatic carbocycles. The Hall–Kier alpha value is -2.60. The summed E-state index contributed by atoms with van der Waals surface area (Å²) in [7, 11) is 0. The number of benzene rings is 1. The fraction of sp³-hybridized carbons (Fsp3) is 0.235. The highest BCUT2D eigenvalue weighted by molar-refractivity contribution is 6.40. The molecule has 2 N–H and O–H groups in total. The summed E-state index contributed by atoms with van der Waals surface area (Å²) in [4.78, 5) is 29.8. The van der Waals surface area contributed by atoms with Crippen LogP contribution < -0.4 is 5.32 Å². The van der Waals surface area contributed by atoms with Crippen molar-refractivity contribution in [3.63, 3.8) is 0 Å². The van der Waals surface area contributed by atoms with Crippen molar-refractivity contribution in [1.29, 1.82) is 0 Å². The molecule has 0 radical (unpaired) electrons. The number of nitrogens with one attached hydrogen (secondary N) is 1. The lowest BCUT2D eigenvalue weighted by molar-refractivity contribution is -0.143. The van der Waals surface area contributed by atoms with E-state index in [0.717, 1.165) is 5.56 Å². The Morgan fingerprint density at radius 3 is 2.62 bits per heavy atom. The minimum Gasteiger partial charge on any atom is -0.506 e. The van der Waals surface area contributed by atoms with E-state index in [1.807, 2.05) is 12.1 Å². The summed E-state index contributed by atoms with van der Waals surface area (Å²) in [6, 6.07) is 7.95. The van der Waals surface area contributed by atoms with E-state index in [1.54, 1.807) is 19.3 Å². The van der Waals surface area contributed by atoms with E-state index in [4.69, 9.17) is 11.6 Å². The maximum atomic E-state index is 12.3. The number of hydrogen-bond acceptors (Lipinski definition) is 4. The highest BCUT2D eigenvalue weighted by Gasteiger charge is 2.21. The molecule has 0 saturated carbocycles. The van der Waals surface area contributed by atoms with Crippen LogP contribution in [0.3, 0.4) is 0 Å². The van der Waals surface area contributed by atoms with Crippen LogP contribution >= 0.6 is 11.6 Å². The van der Waals surface area contributed by atoms with Crippen molar-refractivity contribution >= 4 is 29.1 Å². The van der Waals surface area contributed by atoms with Crippen LogP contribution in [-0.4, -0.2) is 39.9 Å². The summed E-state index contributed by atoms with van der Waals surface area (Å²) in [6.45, 7) is 2.61. The van der Waals surface area contributed by atoms with Gasteiger partial charge in [-0.15, -0.1) is 0 Å². The lowest BCUT2D eigenvalue weighted by Gasteiger charge is -2.20. The average Bonchev–Trinajstić information content (AvgIpc) is 2.59. The molecule has 0 aliphatic carbocycles. The third-order valence-electron chi connectivity index (χ3n) is 3.49. The molecule has 126 valence electrons. The number of likely N-dealkylation sites (N-methyl/N-ethyl adjacent to an activating group) is 1. The Balaban J connectivity index is 1.99. The molecule has 7 heteroatoms. The molecule has 0 aliphatic heterocycles. The number of pyridine rings is 1. The van der Waals surface area contributed by atoms with Gasteiger partial charge in [0, 0.05) is 30.5 Å². The topological polar surface area (TPSA) is 82.5 Å². The Morgan fingerprint density at radius 2 is 1.96 bits per heavy atom. The van der Waals surface area contributed by atoms with Gasteiger partial charge in [-0.25, -0.2) is 0 Å². The van der Waals surface area contributed by atoms with Crippen molar-refractivity contribution in [2.45, 2.75) is 13.3 Å². The van der Waals surface area contributed by atoms with Gasteiger partial charge in [-0.3, -0.25) is 14.6 Å². The zero-order chi connectivity index (χ0) is 17.5. The average molecular weight is 348 g/mol. The highest BCUT2D eigenvalue weighted by atomic mass is 35.5. The lowest BCUT2D eigenvalue weighted by atomic mass is 10.2. The van der Waals surface area contributed by atoms with Gasteiger partial charge in [0.25, 0.3) is 0 Å². The Bertz CT molecular complexity index is 722. The summed E-state index contributed by atoms with van der Waals surface area (Å²) in [6.07, 6.45) is 3.99. The monoisotopic (exact) mass is 347 g/mol. The molecule has 0 bridgehead atoms. The van der Waals surface area contributed by atoms with Crippen LogP contribution in [0.4, 0.5) is 5.69 Å². The van der Waals surface area contributed by atoms with Gasteiger partial charge in [0.1, 0.15) is 5.75 Å². The van der Waals surface area contributed by atoms with E-state index in [9.17, 15) is 14.7 Å². The SMILES string of the molecule is CCN(CCc1ccncc1)C(=O)C(=O)Nc1cc(Cl)ccc1O. The number of aromatic hydroxyl groups is 1. The number of phenolic OH excluding ortho intramolecular Hbond substituents is 1. The lowest BCUT2D eigenvalue weighted by Crippen LogP contribution is -2.40. The van der Waals surface area contributed by atoms with Crippen LogP contribution in [0.15, 0.2) is 42.7 Å². The van der Waals surface area contributed by atoms with Gasteiger partial charge in [-0.2, -0.15) is 0 Å². The van der Waals surface area contributed by atoms with Crippen LogP contribution in [0.5, 0.6) is 5.75 Å². The number of nitrogens with zero attached hydrogens (tertiary/aromatic N) is 2. The van der Waals surface area contributed by atoms with E-state index in [-0.39, 0.29) is 11.4 Å². The fourth-order valence-corrected chi connectivity index (χ4v) is 2.32. The van der Waals surface area contributed by atoms with Crippen LogP contribution in [0.2, 0.25) is 5.02 Å². The largest absolute Gasteiger partial charge is 0.506 e. The maximum Gasteiger partial charge on any atom is 0.314 e. The summed E-state index contributed by atoms with van der Waals surface area (Å²) in [5, 5.41) is 12.4. The van der Waals surface area contributed by atoms with Gasteiger partial charge in [0.05, 0.1) is 5.69 Å². The van der Waals surface area contributed by atoms with Gasteiger partial charge in [-0.05, 0) is 49.2 Å². The van der Waals surface area contributed by atoms with Crippen molar-refractivity contribution < 1.29 is 14.7 Å². The minimum atomic E-state index is -0.816. The summed E-state index contributed by atoms with van der Waals surface area (Å²) >= 11 is 5.82. The second-order valence-corrected chi connectivity index (χ2v) is 5.54. The van der Waals surface area contributed by atoms with Gasteiger partial charge < -0.3 is 15.3 Å². The first-order valence-corrected chi connectivity index (χ1v) is 7.86. The number of anilines is 1. The predicted octanol–water partition coefficient (Wildman–Crippen LogP) is 2.47. The van der Waals surface area contributed by atoms with E-state index in [1.165, 1.54) is 23.1 Å². The van der Waals surface area contributed by atoms with Crippen molar-refractivity contribution in [3.8, 4) is 5.75 Å². The molecule has 24 heavy (non-hydrogen) atoms. The van der Waals surface area contributed by atoms with Gasteiger partial charge >= 0.3 is 11.8 Å². The molecule has 0 unspecified atom stereocenters. The van der Waals surface area contributed by atoms with E-state index < -0.39 is 11.8 Å². The molecule has 2 rings (SSSR count). The molecular formula is C17H18ClN3O3. The quantitative estimate of drug-likeness (QED) is 0.643. The predicted molar refractivity (Wildman–Crippen MR) is 91.9 cm³/mol. The van der Waals surface area contributed by atoms with Crippen LogP contribution in [0, 0.1) is 0 Å². The summed E-state index contributed by atoms with van der Waals surface area (Å²) in [5.41, 5.74) is 1.13. The number of rotatable bonds is 5. The Kier molecular flexibility index (Phi) is 6.14. The van der Waals surface area contributed by atoms with E-state index in [2.05, 4.69) is 10.3 Å². The molecule has 1 aromatic heterocycles. The number of carbonyl (C=O) groups excluding carboxylic acids is 2. The first-order valence-electron chi connectivity index (χ1n) is 7.49. The number of halogens is 1. The highest BCUT2D eigenvalue weighted by Crippen LogP contribution is 2.26. The summed E-state index contributed by atoms with van der Waals surface area (Å²) < 4.78 is 0. The van der Waals surface area contributed by atoms with Crippen molar-refractivity contribution in [2.75, 3.05) is 18.4 Å². The first-order chi connectivity index (χ1) is 11.5. The van der Waals surface area contributed by atoms with Crippen molar-refractivity contribution in [1.82, 2.24) is 9.88 Å². The zero-order valence-corrected chi connectivity index (χ0v) is 14.0. The zero-order valence-electron chi connectivity index (χ0n) is 13.2. The third-order valence-corrected chi connectivity index (χ3v) is 3.72. The van der Waals surface area contributed by atoms with Crippen LogP contribution in [-0.2, 0) is 16.0 Å². The minimum absolute atomic E-state index is 0.103. The van der Waals surface area contributed by atoms with Crippen LogP contribution in [0.1, 0.15) is 12.5 Å². The molecule has 0 fully saturated rings. The second-order valence-electron chi connectivity index (χ2n) is 5.11. The molecule has 2 amide bonds. The molecule has 0 atom stereocenters. The molecule has 2 aromatic rings. The normalized spacial score (nSPS) is 10.2. The van der Waals surface area contributed by atoms with Crippen molar-refractivity contribution in [2.24, 2.45) is 0 Å². The Labute approximate surface area is 145 Å². The van der Waals surface area contributed by atoms with Gasteiger partial charge in [0.2, 0.25) is 0 Å². The molecule has 1 heterocycles. The van der Waals surface area contributed by atoms with E-state index >= 15 is 0 Å². The van der Waals surface area contributed by atoms with Crippen molar-refractivity contribution in [3.05, 3.63) is 53.3 Å². The van der Waals surface area contributed by atoms with Gasteiger partial charge in [0.15, 0.2) is 0 Å². The van der Waals surface area contributed by atoms with E-state index in [0.29, 0.717) is 24.5 Å². The smallest absolute Gasteiger partial charge is 0.314 e. The number of hydrogen-bond donors (Lipinski definition) is 2. The number of aromatic nitrogens is 1. The maximum absolute atomic E-state index is 12.3. The molecule has 0 saturated heterocycles.